The lowest BCUT2D eigenvalue weighted by Crippen LogP contribution is -2.37. The molecule has 1 fully saturated rings. The Labute approximate surface area is 263 Å². The van der Waals surface area contributed by atoms with Crippen LogP contribution in [0.25, 0.3) is 0 Å². The number of rotatable bonds is 8. The van der Waals surface area contributed by atoms with Crippen molar-refractivity contribution in [2.75, 3.05) is 34.7 Å². The Morgan fingerprint density at radius 3 is 2.33 bits per heavy atom. The highest BCUT2D eigenvalue weighted by molar-refractivity contribution is 6.30. The van der Waals surface area contributed by atoms with Crippen LogP contribution in [-0.2, 0) is 16.1 Å². The minimum Gasteiger partial charge on any atom is -0.493 e. The molecule has 3 aliphatic rings. The lowest BCUT2D eigenvalue weighted by Gasteiger charge is -2.39. The molecule has 1 aromatic heterocycles. The molecule has 3 aromatic carbocycles. The second kappa shape index (κ2) is 11.5. The molecule has 0 radical (unpaired) electrons. The standard InChI is InChI=1S/C32H29ClN4O8/c1-40-25-8-17(9-26(41-2)30(25)42-3)27-20-10-23-24(45-15-44-23)11-21(20)29(22-14-43-32(39)28(22)27)37-13-19(35-36-37)12-34-31(38)16-4-6-18(33)7-5-16/h4-11,13,22,27-29H,12,14-15H2,1-3H3,(H,34,38)/t22-,27+,28-,29+/m0/s1. The number of carbonyl (C=O) groups is 2. The van der Waals surface area contributed by atoms with Crippen LogP contribution in [0.4, 0.5) is 0 Å². The molecule has 4 aromatic rings. The Hall–Kier alpha value is -4.97. The van der Waals surface area contributed by atoms with Crippen molar-refractivity contribution in [1.82, 2.24) is 20.3 Å². The lowest BCUT2D eigenvalue weighted by molar-refractivity contribution is -0.141. The van der Waals surface area contributed by atoms with Crippen molar-refractivity contribution in [1.29, 1.82) is 0 Å². The third-order valence-electron chi connectivity index (χ3n) is 8.57. The lowest BCUT2D eigenvalue weighted by atomic mass is 9.65. The summed E-state index contributed by atoms with van der Waals surface area (Å²) in [7, 11) is 4.65. The Balaban J connectivity index is 1.29. The molecule has 0 spiro atoms. The Kier molecular flexibility index (Phi) is 7.36. The van der Waals surface area contributed by atoms with Gasteiger partial charge in [0.15, 0.2) is 23.0 Å². The predicted octanol–water partition coefficient (Wildman–Crippen LogP) is 4.14. The first-order valence-corrected chi connectivity index (χ1v) is 14.6. The van der Waals surface area contributed by atoms with E-state index in [0.29, 0.717) is 45.0 Å². The minimum atomic E-state index is -0.567. The number of nitrogens with zero attached hydrogens (tertiary/aromatic N) is 3. The number of carbonyl (C=O) groups excluding carboxylic acids is 2. The third kappa shape index (κ3) is 4.95. The molecule has 1 saturated heterocycles. The summed E-state index contributed by atoms with van der Waals surface area (Å²) in [6.07, 6.45) is 1.78. The zero-order valence-corrected chi connectivity index (χ0v) is 25.4. The number of cyclic esters (lactones) is 1. The highest BCUT2D eigenvalue weighted by Gasteiger charge is 2.53. The number of nitrogens with one attached hydrogen (secondary N) is 1. The van der Waals surface area contributed by atoms with Gasteiger partial charge in [0.05, 0.1) is 52.6 Å². The van der Waals surface area contributed by atoms with Gasteiger partial charge in [-0.25, -0.2) is 4.68 Å². The van der Waals surface area contributed by atoms with Crippen molar-refractivity contribution in [3.8, 4) is 28.7 Å². The van der Waals surface area contributed by atoms with E-state index in [-0.39, 0.29) is 37.7 Å². The van der Waals surface area contributed by atoms with Gasteiger partial charge in [-0.1, -0.05) is 16.8 Å². The molecule has 0 bridgehead atoms. The van der Waals surface area contributed by atoms with Crippen molar-refractivity contribution in [3.05, 3.63) is 87.7 Å². The predicted molar refractivity (Wildman–Crippen MR) is 159 cm³/mol. The van der Waals surface area contributed by atoms with E-state index < -0.39 is 17.9 Å². The van der Waals surface area contributed by atoms with Crippen molar-refractivity contribution in [2.45, 2.75) is 18.5 Å². The van der Waals surface area contributed by atoms with E-state index in [1.54, 1.807) is 56.5 Å². The summed E-state index contributed by atoms with van der Waals surface area (Å²) in [5, 5.41) is 12.2. The maximum absolute atomic E-state index is 13.5. The van der Waals surface area contributed by atoms with E-state index in [0.717, 1.165) is 16.7 Å². The number of halogens is 1. The Morgan fingerprint density at radius 1 is 0.978 bits per heavy atom. The zero-order chi connectivity index (χ0) is 31.2. The first-order valence-electron chi connectivity index (χ1n) is 14.2. The molecule has 0 saturated carbocycles. The van der Waals surface area contributed by atoms with Gasteiger partial charge in [-0.15, -0.1) is 5.10 Å². The summed E-state index contributed by atoms with van der Waals surface area (Å²) >= 11 is 5.95. The average molecular weight is 633 g/mol. The smallest absolute Gasteiger partial charge is 0.310 e. The monoisotopic (exact) mass is 632 g/mol. The number of ether oxygens (including phenoxy) is 6. The Bertz CT molecular complexity index is 1770. The van der Waals surface area contributed by atoms with Gasteiger partial charge in [0.2, 0.25) is 12.5 Å². The van der Waals surface area contributed by atoms with Crippen LogP contribution in [-0.4, -0.2) is 61.6 Å². The molecule has 0 unspecified atom stereocenters. The first-order chi connectivity index (χ1) is 21.9. The Morgan fingerprint density at radius 2 is 1.67 bits per heavy atom. The summed E-state index contributed by atoms with van der Waals surface area (Å²) in [5.41, 5.74) is 3.56. The van der Waals surface area contributed by atoms with Gasteiger partial charge in [0.25, 0.3) is 5.91 Å². The molecule has 45 heavy (non-hydrogen) atoms. The van der Waals surface area contributed by atoms with Crippen LogP contribution in [0.1, 0.15) is 44.7 Å². The molecule has 13 heteroatoms. The topological polar surface area (TPSA) is 132 Å². The number of benzene rings is 3. The van der Waals surface area contributed by atoms with Crippen LogP contribution in [0.2, 0.25) is 5.02 Å². The highest BCUT2D eigenvalue weighted by Crippen LogP contribution is 2.56. The van der Waals surface area contributed by atoms with Crippen LogP contribution in [0, 0.1) is 11.8 Å². The molecule has 1 N–H and O–H groups in total. The van der Waals surface area contributed by atoms with E-state index in [1.807, 2.05) is 24.3 Å². The molecule has 4 atom stereocenters. The number of amides is 1. The van der Waals surface area contributed by atoms with Gasteiger partial charge in [0.1, 0.15) is 5.69 Å². The van der Waals surface area contributed by atoms with Crippen LogP contribution < -0.4 is 29.0 Å². The summed E-state index contributed by atoms with van der Waals surface area (Å²) in [4.78, 5) is 26.2. The number of hydrogen-bond donors (Lipinski definition) is 1. The quantitative estimate of drug-likeness (QED) is 0.283. The first kappa shape index (κ1) is 28.8. The fraction of sp³-hybridized carbons (Fsp3) is 0.312. The maximum atomic E-state index is 13.5. The number of aromatic nitrogens is 3. The summed E-state index contributed by atoms with van der Waals surface area (Å²) in [6.45, 7) is 0.429. The number of methoxy groups -OCH3 is 3. The second-order valence-electron chi connectivity index (χ2n) is 10.9. The maximum Gasteiger partial charge on any atom is 0.310 e. The van der Waals surface area contributed by atoms with E-state index in [2.05, 4.69) is 15.6 Å². The second-order valence-corrected chi connectivity index (χ2v) is 11.4. The summed E-state index contributed by atoms with van der Waals surface area (Å²) < 4.78 is 35.8. The number of fused-ring (bicyclic) bond motifs is 3. The van der Waals surface area contributed by atoms with Gasteiger partial charge < -0.3 is 33.7 Å². The molecular weight excluding hydrogens is 604 g/mol. The summed E-state index contributed by atoms with van der Waals surface area (Å²) in [6, 6.07) is 13.8. The highest BCUT2D eigenvalue weighted by atomic mass is 35.5. The van der Waals surface area contributed by atoms with Gasteiger partial charge in [0, 0.05) is 22.4 Å². The molecule has 2 aliphatic heterocycles. The van der Waals surface area contributed by atoms with Crippen LogP contribution in [0.5, 0.6) is 28.7 Å². The average Bonchev–Trinajstić information content (AvgIpc) is 3.81. The SMILES string of the molecule is COc1cc([C@@H]2c3cc4c(cc3[C@@H](n3cc(CNC(=O)c5ccc(Cl)cc5)nn3)[C@H]3COC(=O)[C@H]23)OCO4)cc(OC)c1OC. The van der Waals surface area contributed by atoms with Crippen molar-refractivity contribution < 1.29 is 38.0 Å². The molecule has 12 nitrogen and oxygen atoms in total. The number of hydrogen-bond acceptors (Lipinski definition) is 10. The van der Waals surface area contributed by atoms with E-state index >= 15 is 0 Å². The summed E-state index contributed by atoms with van der Waals surface area (Å²) in [5.74, 6) is 0.702. The molecular formula is C32H29ClN4O8. The molecule has 232 valence electrons. The fourth-order valence-corrected chi connectivity index (χ4v) is 6.68. The van der Waals surface area contributed by atoms with Crippen LogP contribution in [0.3, 0.4) is 0 Å². The minimum absolute atomic E-state index is 0.0907. The van der Waals surface area contributed by atoms with Crippen molar-refractivity contribution in [2.24, 2.45) is 11.8 Å². The molecule has 7 rings (SSSR count). The van der Waals surface area contributed by atoms with Crippen LogP contribution >= 0.6 is 11.6 Å². The van der Waals surface area contributed by atoms with Crippen molar-refractivity contribution in [3.63, 3.8) is 0 Å². The third-order valence-corrected chi connectivity index (χ3v) is 8.83. The normalized spacial score (nSPS) is 21.0. The number of esters is 1. The van der Waals surface area contributed by atoms with Gasteiger partial charge in [-0.05, 0) is 65.2 Å². The van der Waals surface area contributed by atoms with Crippen molar-refractivity contribution >= 4 is 23.5 Å². The fourth-order valence-electron chi connectivity index (χ4n) is 6.56. The van der Waals surface area contributed by atoms with Crippen LogP contribution in [0.15, 0.2) is 54.7 Å². The zero-order valence-electron chi connectivity index (χ0n) is 24.6. The molecule has 1 amide bonds. The van der Waals surface area contributed by atoms with Gasteiger partial charge in [-0.3, -0.25) is 9.59 Å². The van der Waals surface area contributed by atoms with E-state index in [4.69, 9.17) is 40.0 Å². The van der Waals surface area contributed by atoms with E-state index in [1.165, 1.54) is 0 Å². The largest absolute Gasteiger partial charge is 0.493 e. The molecule has 3 heterocycles. The molecule has 1 aliphatic carbocycles. The van der Waals surface area contributed by atoms with Gasteiger partial charge in [-0.2, -0.15) is 0 Å². The van der Waals surface area contributed by atoms with Gasteiger partial charge >= 0.3 is 5.97 Å². The van der Waals surface area contributed by atoms with E-state index in [9.17, 15) is 9.59 Å².